The fourth-order valence-electron chi connectivity index (χ4n) is 0.804. The van der Waals surface area contributed by atoms with Gasteiger partial charge >= 0.3 is 0 Å². The molecule has 0 saturated heterocycles. The number of alkyl halides is 1. The second-order valence-electron chi connectivity index (χ2n) is 2.14. The predicted octanol–water partition coefficient (Wildman–Crippen LogP) is 1.50. The summed E-state index contributed by atoms with van der Waals surface area (Å²) in [7, 11) is 0. The van der Waals surface area contributed by atoms with E-state index in [-0.39, 0.29) is 11.6 Å². The molecule has 0 amide bonds. The molecular weight excluding hydrogens is 176 g/mol. The Kier molecular flexibility index (Phi) is 2.78. The van der Waals surface area contributed by atoms with Crippen molar-refractivity contribution in [2.45, 2.75) is 5.88 Å². The van der Waals surface area contributed by atoms with E-state index in [0.29, 0.717) is 17.5 Å². The average Bonchev–Trinajstić information content (AvgIpc) is 2.16. The van der Waals surface area contributed by atoms with E-state index in [9.17, 15) is 4.79 Å². The second-order valence-corrected chi connectivity index (χ2v) is 2.40. The summed E-state index contributed by atoms with van der Waals surface area (Å²) in [5.74, 6) is 0.205. The van der Waals surface area contributed by atoms with Crippen molar-refractivity contribution in [2.75, 3.05) is 0 Å². The Morgan fingerprint density at radius 3 is 2.92 bits per heavy atom. The van der Waals surface area contributed by atoms with Crippen molar-refractivity contribution in [2.24, 2.45) is 0 Å². The summed E-state index contributed by atoms with van der Waals surface area (Å²) in [6.45, 7) is 0. The second kappa shape index (κ2) is 3.84. The molecule has 60 valence electrons. The molecule has 12 heavy (non-hydrogen) atoms. The van der Waals surface area contributed by atoms with Crippen LogP contribution in [0.1, 0.15) is 21.7 Å². The van der Waals surface area contributed by atoms with Gasteiger partial charge in [0, 0.05) is 0 Å². The summed E-state index contributed by atoms with van der Waals surface area (Å²) in [4.78, 5) is 14.2. The molecule has 0 radical (unpaired) electrons. The first kappa shape index (κ1) is 8.69. The zero-order valence-electron chi connectivity index (χ0n) is 6.12. The number of carbonyl (C=O) groups excluding carboxylic acids is 1. The van der Waals surface area contributed by atoms with Gasteiger partial charge in [-0.1, -0.05) is 0 Å². The van der Waals surface area contributed by atoms with Crippen molar-refractivity contribution >= 4 is 17.9 Å². The average molecular weight is 181 g/mol. The van der Waals surface area contributed by atoms with Crippen LogP contribution in [0.15, 0.2) is 12.1 Å². The number of hydrogen-bond acceptors (Lipinski definition) is 3. The summed E-state index contributed by atoms with van der Waals surface area (Å²) < 4.78 is 0. The third kappa shape index (κ3) is 1.80. The van der Waals surface area contributed by atoms with Gasteiger partial charge in [0.2, 0.25) is 0 Å². The van der Waals surface area contributed by atoms with Crippen molar-refractivity contribution in [3.05, 3.63) is 29.1 Å². The van der Waals surface area contributed by atoms with Gasteiger partial charge in [0.1, 0.15) is 5.69 Å². The SMILES string of the molecule is N#Cc1cc(C=O)nc(CCl)c1. The Bertz CT molecular complexity index is 343. The molecule has 0 aromatic carbocycles. The molecule has 0 aliphatic rings. The Hall–Kier alpha value is -1.40. The van der Waals surface area contributed by atoms with Crippen LogP contribution in [0.2, 0.25) is 0 Å². The lowest BCUT2D eigenvalue weighted by molar-refractivity contribution is 0.111. The molecule has 4 heteroatoms. The van der Waals surface area contributed by atoms with Gasteiger partial charge in [-0.15, -0.1) is 11.6 Å². The van der Waals surface area contributed by atoms with E-state index >= 15 is 0 Å². The van der Waals surface area contributed by atoms with Crippen LogP contribution in [-0.4, -0.2) is 11.3 Å². The van der Waals surface area contributed by atoms with Crippen molar-refractivity contribution in [3.8, 4) is 6.07 Å². The zero-order valence-corrected chi connectivity index (χ0v) is 6.88. The quantitative estimate of drug-likeness (QED) is 0.512. The summed E-state index contributed by atoms with van der Waals surface area (Å²) in [6, 6.07) is 4.89. The highest BCUT2D eigenvalue weighted by molar-refractivity contribution is 6.16. The number of hydrogen-bond donors (Lipinski definition) is 0. The van der Waals surface area contributed by atoms with E-state index < -0.39 is 0 Å². The van der Waals surface area contributed by atoms with Crippen LogP contribution in [-0.2, 0) is 5.88 Å². The molecule has 0 spiro atoms. The van der Waals surface area contributed by atoms with Crippen LogP contribution in [0, 0.1) is 11.3 Å². The predicted molar refractivity (Wildman–Crippen MR) is 43.9 cm³/mol. The monoisotopic (exact) mass is 180 g/mol. The van der Waals surface area contributed by atoms with E-state index in [0.717, 1.165) is 0 Å². The van der Waals surface area contributed by atoms with E-state index in [4.69, 9.17) is 16.9 Å². The molecule has 1 rings (SSSR count). The molecule has 1 heterocycles. The number of carbonyl (C=O) groups is 1. The van der Waals surface area contributed by atoms with E-state index in [2.05, 4.69) is 4.98 Å². The number of rotatable bonds is 2. The summed E-state index contributed by atoms with van der Waals surface area (Å²) in [5.41, 5.74) is 1.19. The minimum atomic E-state index is 0.205. The molecule has 0 unspecified atom stereocenters. The lowest BCUT2D eigenvalue weighted by Crippen LogP contribution is -1.93. The maximum Gasteiger partial charge on any atom is 0.168 e. The van der Waals surface area contributed by atoms with E-state index in [1.807, 2.05) is 6.07 Å². The van der Waals surface area contributed by atoms with Gasteiger partial charge in [-0.25, -0.2) is 4.98 Å². The van der Waals surface area contributed by atoms with Crippen LogP contribution in [0.25, 0.3) is 0 Å². The lowest BCUT2D eigenvalue weighted by atomic mass is 10.2. The van der Waals surface area contributed by atoms with Crippen LogP contribution >= 0.6 is 11.6 Å². The molecule has 0 bridgehead atoms. The third-order valence-corrected chi connectivity index (χ3v) is 1.56. The minimum Gasteiger partial charge on any atom is -0.296 e. The Labute approximate surface area is 74.6 Å². The van der Waals surface area contributed by atoms with Crippen molar-refractivity contribution < 1.29 is 4.79 Å². The number of nitrogens with zero attached hydrogens (tertiary/aromatic N) is 2. The maximum absolute atomic E-state index is 10.3. The molecule has 0 atom stereocenters. The first-order valence-corrected chi connectivity index (χ1v) is 3.76. The van der Waals surface area contributed by atoms with Crippen molar-refractivity contribution in [3.63, 3.8) is 0 Å². The first-order chi connectivity index (χ1) is 5.80. The summed E-state index contributed by atoms with van der Waals surface area (Å²) in [6.07, 6.45) is 0.594. The highest BCUT2D eigenvalue weighted by Crippen LogP contribution is 2.05. The summed E-state index contributed by atoms with van der Waals surface area (Å²) >= 11 is 5.50. The van der Waals surface area contributed by atoms with Crippen molar-refractivity contribution in [1.82, 2.24) is 4.98 Å². The van der Waals surface area contributed by atoms with Crippen LogP contribution in [0.5, 0.6) is 0 Å². The van der Waals surface area contributed by atoms with Gasteiger partial charge in [0.15, 0.2) is 6.29 Å². The summed E-state index contributed by atoms with van der Waals surface area (Å²) in [5, 5.41) is 8.54. The van der Waals surface area contributed by atoms with E-state index in [1.165, 1.54) is 6.07 Å². The number of aromatic nitrogens is 1. The molecule has 0 aliphatic heterocycles. The molecule has 1 aromatic heterocycles. The standard InChI is InChI=1S/C8H5ClN2O/c9-3-7-1-6(4-10)2-8(5-12)11-7/h1-2,5H,3H2. The first-order valence-electron chi connectivity index (χ1n) is 3.22. The molecule has 0 saturated carbocycles. The lowest BCUT2D eigenvalue weighted by Gasteiger charge is -1.96. The highest BCUT2D eigenvalue weighted by Gasteiger charge is 1.99. The largest absolute Gasteiger partial charge is 0.296 e. The highest BCUT2D eigenvalue weighted by atomic mass is 35.5. The molecular formula is C8H5ClN2O. The van der Waals surface area contributed by atoms with Gasteiger partial charge in [0.05, 0.1) is 23.2 Å². The van der Waals surface area contributed by atoms with Gasteiger partial charge in [-0.05, 0) is 12.1 Å². The molecule has 0 N–H and O–H groups in total. The van der Waals surface area contributed by atoms with Crippen LogP contribution < -0.4 is 0 Å². The van der Waals surface area contributed by atoms with Gasteiger partial charge in [-0.3, -0.25) is 4.79 Å². The number of pyridine rings is 1. The Morgan fingerprint density at radius 1 is 1.67 bits per heavy atom. The smallest absolute Gasteiger partial charge is 0.168 e. The van der Waals surface area contributed by atoms with Crippen LogP contribution in [0.4, 0.5) is 0 Å². The van der Waals surface area contributed by atoms with Gasteiger partial charge < -0.3 is 0 Å². The van der Waals surface area contributed by atoms with Crippen LogP contribution in [0.3, 0.4) is 0 Å². The molecule has 0 aliphatic carbocycles. The normalized spacial score (nSPS) is 9.00. The molecule has 1 aromatic rings. The third-order valence-electron chi connectivity index (χ3n) is 1.28. The zero-order chi connectivity index (χ0) is 8.97. The maximum atomic E-state index is 10.3. The number of aldehydes is 1. The fourth-order valence-corrected chi connectivity index (χ4v) is 0.941. The number of nitriles is 1. The minimum absolute atomic E-state index is 0.205. The molecule has 0 fully saturated rings. The topological polar surface area (TPSA) is 53.8 Å². The molecule has 3 nitrogen and oxygen atoms in total. The Balaban J connectivity index is 3.21. The van der Waals surface area contributed by atoms with Crippen molar-refractivity contribution in [1.29, 1.82) is 5.26 Å². The fraction of sp³-hybridized carbons (Fsp3) is 0.125. The van der Waals surface area contributed by atoms with E-state index in [1.54, 1.807) is 6.07 Å². The van der Waals surface area contributed by atoms with Gasteiger partial charge in [-0.2, -0.15) is 5.26 Å². The number of halogens is 1. The Morgan fingerprint density at radius 2 is 2.42 bits per heavy atom. The van der Waals surface area contributed by atoms with Gasteiger partial charge in [0.25, 0.3) is 0 Å².